The van der Waals surface area contributed by atoms with E-state index in [9.17, 15) is 0 Å². The van der Waals surface area contributed by atoms with Gasteiger partial charge in [0.2, 0.25) is 0 Å². The maximum atomic E-state index is 5.71. The molecule has 0 rings (SSSR count). The molecule has 0 saturated heterocycles. The van der Waals surface area contributed by atoms with Crippen LogP contribution < -0.4 is 5.32 Å². The fraction of sp³-hybridized carbons (Fsp3) is 1.00. The summed E-state index contributed by atoms with van der Waals surface area (Å²) in [6, 6.07) is 0. The molecule has 0 heterocycles. The zero-order valence-corrected chi connectivity index (χ0v) is 12.4. The number of unbranched alkanes of at least 4 members (excludes halogenated alkanes) is 1. The number of likely N-dealkylation sites (N-methyl/N-ethyl adjacent to an activating group) is 1. The summed E-state index contributed by atoms with van der Waals surface area (Å²) in [6.45, 7) is 9.65. The summed E-state index contributed by atoms with van der Waals surface area (Å²) in [5, 5.41) is 3.11. The standard InChI is InChI=1S/C15H33NO/c1-5-8-9-14(6-2)12-15(7-3)13-17-11-10-16-4/h14-16H,5-13H2,1-4H3. The molecule has 0 spiro atoms. The molecule has 0 aromatic heterocycles. The van der Waals surface area contributed by atoms with Gasteiger partial charge in [-0.25, -0.2) is 0 Å². The largest absolute Gasteiger partial charge is 0.380 e. The highest BCUT2D eigenvalue weighted by Gasteiger charge is 2.13. The Morgan fingerprint density at radius 2 is 1.76 bits per heavy atom. The van der Waals surface area contributed by atoms with Crippen molar-refractivity contribution in [1.82, 2.24) is 5.32 Å². The Bertz CT molecular complexity index is 150. The average molecular weight is 243 g/mol. The van der Waals surface area contributed by atoms with Crippen LogP contribution in [0.5, 0.6) is 0 Å². The van der Waals surface area contributed by atoms with Crippen LogP contribution in [-0.2, 0) is 4.74 Å². The van der Waals surface area contributed by atoms with Gasteiger partial charge in [0, 0.05) is 13.2 Å². The minimum absolute atomic E-state index is 0.758. The van der Waals surface area contributed by atoms with Crippen molar-refractivity contribution in [2.75, 3.05) is 26.8 Å². The maximum Gasteiger partial charge on any atom is 0.0590 e. The molecule has 104 valence electrons. The van der Waals surface area contributed by atoms with Gasteiger partial charge in [-0.1, -0.05) is 52.9 Å². The average Bonchev–Trinajstić information content (AvgIpc) is 2.37. The third-order valence-corrected chi connectivity index (χ3v) is 3.64. The van der Waals surface area contributed by atoms with Crippen LogP contribution in [0.2, 0.25) is 0 Å². The topological polar surface area (TPSA) is 21.3 Å². The minimum atomic E-state index is 0.758. The van der Waals surface area contributed by atoms with Crippen molar-refractivity contribution < 1.29 is 4.74 Å². The molecule has 2 nitrogen and oxygen atoms in total. The van der Waals surface area contributed by atoms with Gasteiger partial charge in [-0.05, 0) is 25.3 Å². The number of ether oxygens (including phenoxy) is 1. The summed E-state index contributed by atoms with van der Waals surface area (Å²) >= 11 is 0. The van der Waals surface area contributed by atoms with E-state index in [2.05, 4.69) is 26.1 Å². The zero-order chi connectivity index (χ0) is 12.9. The van der Waals surface area contributed by atoms with Crippen molar-refractivity contribution in [3.8, 4) is 0 Å². The van der Waals surface area contributed by atoms with Crippen LogP contribution in [-0.4, -0.2) is 26.8 Å². The minimum Gasteiger partial charge on any atom is -0.380 e. The first kappa shape index (κ1) is 16.9. The Kier molecular flexibility index (Phi) is 12.3. The van der Waals surface area contributed by atoms with Gasteiger partial charge >= 0.3 is 0 Å². The van der Waals surface area contributed by atoms with Crippen molar-refractivity contribution in [2.45, 2.75) is 59.3 Å². The lowest BCUT2D eigenvalue weighted by Crippen LogP contribution is -2.19. The van der Waals surface area contributed by atoms with E-state index in [1.165, 1.54) is 38.5 Å². The first-order valence-electron chi connectivity index (χ1n) is 7.50. The smallest absolute Gasteiger partial charge is 0.0590 e. The monoisotopic (exact) mass is 243 g/mol. The van der Waals surface area contributed by atoms with Crippen LogP contribution in [0.1, 0.15) is 59.3 Å². The van der Waals surface area contributed by atoms with Gasteiger partial charge in [-0.15, -0.1) is 0 Å². The second-order valence-corrected chi connectivity index (χ2v) is 5.10. The second kappa shape index (κ2) is 12.4. The molecule has 0 bridgehead atoms. The van der Waals surface area contributed by atoms with Gasteiger partial charge in [-0.3, -0.25) is 0 Å². The van der Waals surface area contributed by atoms with Gasteiger partial charge < -0.3 is 10.1 Å². The Labute approximate surface area is 109 Å². The van der Waals surface area contributed by atoms with Gasteiger partial charge in [0.15, 0.2) is 0 Å². The Morgan fingerprint density at radius 1 is 1.06 bits per heavy atom. The summed E-state index contributed by atoms with van der Waals surface area (Å²) in [6.07, 6.45) is 8.04. The van der Waals surface area contributed by atoms with E-state index in [-0.39, 0.29) is 0 Å². The Hall–Kier alpha value is -0.0800. The summed E-state index contributed by atoms with van der Waals surface area (Å²) in [4.78, 5) is 0. The highest BCUT2D eigenvalue weighted by atomic mass is 16.5. The number of nitrogens with one attached hydrogen (secondary N) is 1. The van der Waals surface area contributed by atoms with E-state index in [0.29, 0.717) is 0 Å². The first-order valence-corrected chi connectivity index (χ1v) is 7.50. The third-order valence-electron chi connectivity index (χ3n) is 3.64. The summed E-state index contributed by atoms with van der Waals surface area (Å²) < 4.78 is 5.71. The summed E-state index contributed by atoms with van der Waals surface area (Å²) in [7, 11) is 1.97. The molecule has 0 aliphatic rings. The molecule has 17 heavy (non-hydrogen) atoms. The Balaban J connectivity index is 3.74. The van der Waals surface area contributed by atoms with Crippen LogP contribution in [0.3, 0.4) is 0 Å². The normalized spacial score (nSPS) is 14.8. The molecule has 0 aromatic rings. The maximum absolute atomic E-state index is 5.71. The number of hydrogen-bond acceptors (Lipinski definition) is 2. The van der Waals surface area contributed by atoms with E-state index < -0.39 is 0 Å². The molecule has 2 unspecified atom stereocenters. The number of hydrogen-bond donors (Lipinski definition) is 1. The van der Waals surface area contributed by atoms with Crippen molar-refractivity contribution in [2.24, 2.45) is 11.8 Å². The van der Waals surface area contributed by atoms with E-state index in [4.69, 9.17) is 4.74 Å². The molecule has 0 amide bonds. The molecule has 0 fully saturated rings. The lowest BCUT2D eigenvalue weighted by molar-refractivity contribution is 0.0895. The fourth-order valence-corrected chi connectivity index (χ4v) is 2.23. The van der Waals surface area contributed by atoms with E-state index in [0.717, 1.165) is 31.6 Å². The van der Waals surface area contributed by atoms with Crippen molar-refractivity contribution in [3.05, 3.63) is 0 Å². The quantitative estimate of drug-likeness (QED) is 0.526. The molecule has 0 aromatic carbocycles. The summed E-state index contributed by atoms with van der Waals surface area (Å²) in [5.74, 6) is 1.67. The lowest BCUT2D eigenvalue weighted by atomic mass is 9.88. The van der Waals surface area contributed by atoms with Crippen LogP contribution in [0.4, 0.5) is 0 Å². The fourth-order valence-electron chi connectivity index (χ4n) is 2.23. The van der Waals surface area contributed by atoms with Gasteiger partial charge in [-0.2, -0.15) is 0 Å². The zero-order valence-electron chi connectivity index (χ0n) is 12.4. The molecule has 2 atom stereocenters. The molecular weight excluding hydrogens is 210 g/mol. The molecule has 1 N–H and O–H groups in total. The van der Waals surface area contributed by atoms with Crippen molar-refractivity contribution in [3.63, 3.8) is 0 Å². The predicted molar refractivity (Wildman–Crippen MR) is 76.4 cm³/mol. The number of rotatable bonds is 12. The van der Waals surface area contributed by atoms with E-state index >= 15 is 0 Å². The van der Waals surface area contributed by atoms with Gasteiger partial charge in [0.05, 0.1) is 6.61 Å². The summed E-state index contributed by atoms with van der Waals surface area (Å²) in [5.41, 5.74) is 0. The predicted octanol–water partition coefficient (Wildman–Crippen LogP) is 3.86. The highest BCUT2D eigenvalue weighted by molar-refractivity contribution is 4.65. The van der Waals surface area contributed by atoms with Crippen molar-refractivity contribution in [1.29, 1.82) is 0 Å². The molecule has 0 aliphatic carbocycles. The van der Waals surface area contributed by atoms with Crippen LogP contribution >= 0.6 is 0 Å². The molecular formula is C15H33NO. The van der Waals surface area contributed by atoms with Gasteiger partial charge in [0.1, 0.15) is 0 Å². The van der Waals surface area contributed by atoms with Crippen molar-refractivity contribution >= 4 is 0 Å². The molecule has 0 saturated carbocycles. The van der Waals surface area contributed by atoms with Crippen LogP contribution in [0.25, 0.3) is 0 Å². The second-order valence-electron chi connectivity index (χ2n) is 5.10. The SMILES string of the molecule is CCCCC(CC)CC(CC)COCCNC. The molecule has 0 radical (unpaired) electrons. The Morgan fingerprint density at radius 3 is 2.29 bits per heavy atom. The third kappa shape index (κ3) is 9.61. The van der Waals surface area contributed by atoms with Crippen LogP contribution in [0.15, 0.2) is 0 Å². The van der Waals surface area contributed by atoms with Crippen LogP contribution in [0, 0.1) is 11.8 Å². The first-order chi connectivity index (χ1) is 8.28. The van der Waals surface area contributed by atoms with E-state index in [1.807, 2.05) is 7.05 Å². The molecule has 2 heteroatoms. The molecule has 0 aliphatic heterocycles. The highest BCUT2D eigenvalue weighted by Crippen LogP contribution is 2.23. The van der Waals surface area contributed by atoms with Gasteiger partial charge in [0.25, 0.3) is 0 Å². The lowest BCUT2D eigenvalue weighted by Gasteiger charge is -2.21. The van der Waals surface area contributed by atoms with E-state index in [1.54, 1.807) is 0 Å².